The first kappa shape index (κ1) is 21.0. The highest BCUT2D eigenvalue weighted by molar-refractivity contribution is 7.15. The molecule has 0 spiro atoms. The number of aliphatic hydroxyl groups is 1. The first-order valence-corrected chi connectivity index (χ1v) is 11.1. The lowest BCUT2D eigenvalue weighted by Crippen LogP contribution is -2.44. The summed E-state index contributed by atoms with van der Waals surface area (Å²) < 4.78 is 24.3. The number of anilines is 1. The molecule has 2 atom stereocenters. The number of aromatic nitrogens is 2. The van der Waals surface area contributed by atoms with Crippen LogP contribution in [0.15, 0.2) is 28.8 Å². The molecule has 162 valence electrons. The van der Waals surface area contributed by atoms with Gasteiger partial charge in [-0.25, -0.2) is 14.4 Å². The van der Waals surface area contributed by atoms with Crippen molar-refractivity contribution in [3.63, 3.8) is 0 Å². The van der Waals surface area contributed by atoms with Crippen molar-refractivity contribution >= 4 is 27.6 Å². The van der Waals surface area contributed by atoms with Crippen molar-refractivity contribution in [2.24, 2.45) is 0 Å². The fraction of sp³-hybridized carbons (Fsp3) is 0.524. The molecule has 2 aromatic heterocycles. The summed E-state index contributed by atoms with van der Waals surface area (Å²) in [7, 11) is 2.12. The Labute approximate surface area is 179 Å². The van der Waals surface area contributed by atoms with E-state index in [1.807, 2.05) is 6.92 Å². The number of benzene rings is 1. The molecule has 1 aliphatic rings. The molecule has 3 heterocycles. The summed E-state index contributed by atoms with van der Waals surface area (Å²) in [5.74, 6) is 0.997. The van der Waals surface area contributed by atoms with Crippen LogP contribution in [0.2, 0.25) is 0 Å². The lowest BCUT2D eigenvalue weighted by atomic mass is 10.2. The normalized spacial score (nSPS) is 17.4. The fourth-order valence-corrected chi connectivity index (χ4v) is 4.32. The standard InChI is InChI=1S/C21H27FN4O3S/c1-3-14(12-22)28-15-4-5-16-18(10-15)29-20(24-16)11-17(27)19-13-23-21(30-19)26-8-6-25(2)7-9-26/h4-5,10,13-14,17,27H,3,6-9,11-12H2,1-2H3. The summed E-state index contributed by atoms with van der Waals surface area (Å²) in [4.78, 5) is 14.3. The zero-order valence-electron chi connectivity index (χ0n) is 17.3. The van der Waals surface area contributed by atoms with Crippen LogP contribution in [0, 0.1) is 0 Å². The van der Waals surface area contributed by atoms with Gasteiger partial charge in [-0.05, 0) is 25.6 Å². The van der Waals surface area contributed by atoms with Crippen molar-refractivity contribution in [2.45, 2.75) is 32.0 Å². The predicted molar refractivity (Wildman–Crippen MR) is 115 cm³/mol. The molecular formula is C21H27FN4O3S. The highest BCUT2D eigenvalue weighted by Gasteiger charge is 2.21. The molecule has 1 aliphatic heterocycles. The van der Waals surface area contributed by atoms with Crippen molar-refractivity contribution in [2.75, 3.05) is 44.8 Å². The number of ether oxygens (including phenoxy) is 1. The molecule has 1 N–H and O–H groups in total. The molecule has 3 aromatic rings. The van der Waals surface area contributed by atoms with Gasteiger partial charge in [0.25, 0.3) is 0 Å². The molecule has 0 saturated carbocycles. The van der Waals surface area contributed by atoms with Gasteiger partial charge in [0, 0.05) is 38.4 Å². The smallest absolute Gasteiger partial charge is 0.198 e. The van der Waals surface area contributed by atoms with E-state index >= 15 is 0 Å². The van der Waals surface area contributed by atoms with Crippen LogP contribution in [-0.4, -0.2) is 66.0 Å². The number of oxazole rings is 1. The Hall–Kier alpha value is -2.23. The first-order valence-electron chi connectivity index (χ1n) is 10.2. The molecule has 7 nitrogen and oxygen atoms in total. The zero-order valence-corrected chi connectivity index (χ0v) is 18.1. The fourth-order valence-electron chi connectivity index (χ4n) is 3.37. The van der Waals surface area contributed by atoms with E-state index in [1.165, 1.54) is 11.3 Å². The molecule has 0 amide bonds. The first-order chi connectivity index (χ1) is 14.6. The largest absolute Gasteiger partial charge is 0.488 e. The summed E-state index contributed by atoms with van der Waals surface area (Å²) in [6.07, 6.45) is 1.39. The van der Waals surface area contributed by atoms with E-state index in [0.29, 0.717) is 29.2 Å². The molecule has 1 aromatic carbocycles. The second-order valence-electron chi connectivity index (χ2n) is 7.59. The second kappa shape index (κ2) is 9.28. The lowest BCUT2D eigenvalue weighted by Gasteiger charge is -2.32. The average Bonchev–Trinajstić information content (AvgIpc) is 3.39. The number of rotatable bonds is 8. The van der Waals surface area contributed by atoms with Crippen LogP contribution >= 0.6 is 11.3 Å². The Morgan fingerprint density at radius 1 is 1.30 bits per heavy atom. The summed E-state index contributed by atoms with van der Waals surface area (Å²) in [6.45, 7) is 5.25. The van der Waals surface area contributed by atoms with Crippen molar-refractivity contribution < 1.29 is 18.7 Å². The van der Waals surface area contributed by atoms with E-state index < -0.39 is 18.9 Å². The third kappa shape index (κ3) is 4.74. The van der Waals surface area contributed by atoms with Gasteiger partial charge >= 0.3 is 0 Å². The number of thiazole rings is 1. The van der Waals surface area contributed by atoms with Crippen LogP contribution in [-0.2, 0) is 6.42 Å². The van der Waals surface area contributed by atoms with E-state index in [4.69, 9.17) is 9.15 Å². The van der Waals surface area contributed by atoms with Gasteiger partial charge in [0.15, 0.2) is 16.6 Å². The Balaban J connectivity index is 1.42. The number of hydrogen-bond acceptors (Lipinski definition) is 8. The Morgan fingerprint density at radius 3 is 2.83 bits per heavy atom. The Bertz CT molecular complexity index is 966. The van der Waals surface area contributed by atoms with Crippen LogP contribution in [0.3, 0.4) is 0 Å². The molecule has 1 saturated heterocycles. The summed E-state index contributed by atoms with van der Waals surface area (Å²) in [6, 6.07) is 5.26. The molecule has 4 rings (SSSR count). The number of piperazine rings is 1. The van der Waals surface area contributed by atoms with E-state index in [9.17, 15) is 9.50 Å². The van der Waals surface area contributed by atoms with E-state index in [-0.39, 0.29) is 6.42 Å². The summed E-state index contributed by atoms with van der Waals surface area (Å²) in [5, 5.41) is 11.6. The van der Waals surface area contributed by atoms with Crippen LogP contribution < -0.4 is 9.64 Å². The van der Waals surface area contributed by atoms with Gasteiger partial charge in [0.1, 0.15) is 24.0 Å². The SMILES string of the molecule is CCC(CF)Oc1ccc2nc(CC(O)c3cnc(N4CCN(C)CC4)s3)oc2c1. The highest BCUT2D eigenvalue weighted by atomic mass is 32.1. The second-order valence-corrected chi connectivity index (χ2v) is 8.64. The average molecular weight is 435 g/mol. The van der Waals surface area contributed by atoms with E-state index in [2.05, 4.69) is 26.8 Å². The number of nitrogens with zero attached hydrogens (tertiary/aromatic N) is 4. The number of likely N-dealkylation sites (N-methyl/N-ethyl adjacent to an activating group) is 1. The van der Waals surface area contributed by atoms with Gasteiger partial charge in [-0.2, -0.15) is 0 Å². The van der Waals surface area contributed by atoms with Crippen molar-refractivity contribution in [3.8, 4) is 5.75 Å². The summed E-state index contributed by atoms with van der Waals surface area (Å²) >= 11 is 1.51. The predicted octanol–water partition coefficient (Wildman–Crippen LogP) is 3.44. The van der Waals surface area contributed by atoms with E-state index in [0.717, 1.165) is 36.2 Å². The lowest BCUT2D eigenvalue weighted by molar-refractivity contribution is 0.160. The minimum absolute atomic E-state index is 0.261. The summed E-state index contributed by atoms with van der Waals surface area (Å²) in [5.41, 5.74) is 1.24. The molecule has 0 radical (unpaired) electrons. The molecular weight excluding hydrogens is 407 g/mol. The van der Waals surface area contributed by atoms with Crippen LogP contribution in [0.1, 0.15) is 30.2 Å². The van der Waals surface area contributed by atoms with E-state index in [1.54, 1.807) is 24.4 Å². The third-order valence-electron chi connectivity index (χ3n) is 5.32. The highest BCUT2D eigenvalue weighted by Crippen LogP contribution is 2.31. The van der Waals surface area contributed by atoms with Gasteiger partial charge in [-0.3, -0.25) is 0 Å². The number of halogens is 1. The quantitative estimate of drug-likeness (QED) is 0.582. The Kier molecular flexibility index (Phi) is 6.50. The minimum Gasteiger partial charge on any atom is -0.488 e. The van der Waals surface area contributed by atoms with Gasteiger partial charge in [0.2, 0.25) is 0 Å². The van der Waals surface area contributed by atoms with Crippen molar-refractivity contribution in [1.29, 1.82) is 0 Å². The van der Waals surface area contributed by atoms with Gasteiger partial charge < -0.3 is 24.1 Å². The maximum absolute atomic E-state index is 12.9. The number of fused-ring (bicyclic) bond motifs is 1. The number of alkyl halides is 1. The monoisotopic (exact) mass is 434 g/mol. The van der Waals surface area contributed by atoms with Crippen LogP contribution in [0.25, 0.3) is 11.1 Å². The van der Waals surface area contributed by atoms with Gasteiger partial charge in [0.05, 0.1) is 17.4 Å². The topological polar surface area (TPSA) is 74.9 Å². The van der Waals surface area contributed by atoms with Crippen LogP contribution in [0.4, 0.5) is 9.52 Å². The molecule has 0 aliphatic carbocycles. The third-order valence-corrected chi connectivity index (χ3v) is 6.48. The molecule has 30 heavy (non-hydrogen) atoms. The van der Waals surface area contributed by atoms with Gasteiger partial charge in [-0.1, -0.05) is 18.3 Å². The number of aliphatic hydroxyl groups excluding tert-OH is 1. The van der Waals surface area contributed by atoms with Gasteiger partial charge in [-0.15, -0.1) is 0 Å². The molecule has 9 heteroatoms. The molecule has 0 bridgehead atoms. The minimum atomic E-state index is -0.733. The maximum atomic E-state index is 12.9. The van der Waals surface area contributed by atoms with Crippen LogP contribution in [0.5, 0.6) is 5.75 Å². The molecule has 1 fully saturated rings. The number of hydrogen-bond donors (Lipinski definition) is 1. The Morgan fingerprint density at radius 2 is 2.10 bits per heavy atom. The zero-order chi connectivity index (χ0) is 21.1. The van der Waals surface area contributed by atoms with Crippen molar-refractivity contribution in [1.82, 2.24) is 14.9 Å². The molecule has 2 unspecified atom stereocenters. The van der Waals surface area contributed by atoms with Crippen molar-refractivity contribution in [3.05, 3.63) is 35.2 Å². The maximum Gasteiger partial charge on any atom is 0.198 e.